The minimum absolute atomic E-state index is 0.0188. The molecular formula is C11H5FIN3O. The lowest BCUT2D eigenvalue weighted by molar-refractivity contribution is 0.453. The van der Waals surface area contributed by atoms with Gasteiger partial charge in [-0.2, -0.15) is 5.26 Å². The molecule has 0 saturated carbocycles. The predicted molar refractivity (Wildman–Crippen MR) is 65.9 cm³/mol. The molecule has 0 atom stereocenters. The molecule has 0 fully saturated rings. The summed E-state index contributed by atoms with van der Waals surface area (Å²) in [4.78, 5) is 7.73. The molecule has 0 bridgehead atoms. The molecule has 0 saturated heterocycles. The molecule has 0 N–H and O–H groups in total. The molecule has 2 aromatic rings. The Labute approximate surface area is 110 Å². The van der Waals surface area contributed by atoms with Crippen molar-refractivity contribution in [2.24, 2.45) is 0 Å². The summed E-state index contributed by atoms with van der Waals surface area (Å²) in [7, 11) is 0. The number of hydrogen-bond acceptors (Lipinski definition) is 4. The Morgan fingerprint density at radius 3 is 2.88 bits per heavy atom. The van der Waals surface area contributed by atoms with E-state index in [2.05, 4.69) is 9.97 Å². The van der Waals surface area contributed by atoms with Crippen LogP contribution in [0.3, 0.4) is 0 Å². The number of hydrogen-bond donors (Lipinski definition) is 0. The van der Waals surface area contributed by atoms with Crippen LogP contribution in [0.15, 0.2) is 30.7 Å². The van der Waals surface area contributed by atoms with Crippen molar-refractivity contribution in [3.05, 3.63) is 45.7 Å². The zero-order valence-electron chi connectivity index (χ0n) is 8.39. The number of nitriles is 1. The van der Waals surface area contributed by atoms with Gasteiger partial charge in [-0.1, -0.05) is 0 Å². The maximum Gasteiger partial charge on any atom is 0.235 e. The Kier molecular flexibility index (Phi) is 3.49. The molecule has 0 spiro atoms. The maximum atomic E-state index is 13.3. The molecule has 1 aromatic carbocycles. The summed E-state index contributed by atoms with van der Waals surface area (Å²) in [6.07, 6.45) is 2.93. The second kappa shape index (κ2) is 5.05. The normalized spacial score (nSPS) is 9.71. The van der Waals surface area contributed by atoms with E-state index in [1.165, 1.54) is 18.5 Å². The molecule has 4 nitrogen and oxygen atoms in total. The van der Waals surface area contributed by atoms with Crippen LogP contribution in [0.4, 0.5) is 4.39 Å². The molecule has 17 heavy (non-hydrogen) atoms. The summed E-state index contributed by atoms with van der Waals surface area (Å²) in [5.74, 6) is 0.0249. The lowest BCUT2D eigenvalue weighted by Gasteiger charge is -2.05. The van der Waals surface area contributed by atoms with Gasteiger partial charge < -0.3 is 4.74 Å². The van der Waals surface area contributed by atoms with Crippen LogP contribution in [0.2, 0.25) is 0 Å². The third kappa shape index (κ3) is 2.68. The standard InChI is InChI=1S/C11H5FIN3O/c12-9-3-8(2-1-7(9)4-14)17-11-10(13)5-15-6-16-11/h1-3,5-6H. The minimum Gasteiger partial charge on any atom is -0.438 e. The van der Waals surface area contributed by atoms with Gasteiger partial charge in [-0.25, -0.2) is 14.4 Å². The summed E-state index contributed by atoms with van der Waals surface area (Å²) < 4.78 is 19.4. The largest absolute Gasteiger partial charge is 0.438 e. The fourth-order valence-electron chi connectivity index (χ4n) is 1.14. The smallest absolute Gasteiger partial charge is 0.235 e. The highest BCUT2D eigenvalue weighted by Crippen LogP contribution is 2.24. The van der Waals surface area contributed by atoms with E-state index in [1.54, 1.807) is 12.3 Å². The topological polar surface area (TPSA) is 58.8 Å². The molecule has 1 aromatic heterocycles. The summed E-state index contributed by atoms with van der Waals surface area (Å²) in [6, 6.07) is 5.76. The van der Waals surface area contributed by atoms with Crippen LogP contribution in [0.1, 0.15) is 5.56 Å². The maximum absolute atomic E-state index is 13.3. The van der Waals surface area contributed by atoms with E-state index in [9.17, 15) is 4.39 Å². The molecule has 1 heterocycles. The zero-order valence-corrected chi connectivity index (χ0v) is 10.6. The second-order valence-electron chi connectivity index (χ2n) is 3.03. The van der Waals surface area contributed by atoms with Gasteiger partial charge in [-0.05, 0) is 34.7 Å². The third-order valence-electron chi connectivity index (χ3n) is 1.91. The first-order valence-electron chi connectivity index (χ1n) is 4.53. The number of rotatable bonds is 2. The highest BCUT2D eigenvalue weighted by molar-refractivity contribution is 14.1. The van der Waals surface area contributed by atoms with E-state index in [0.29, 0.717) is 5.88 Å². The van der Waals surface area contributed by atoms with Gasteiger partial charge in [-0.3, -0.25) is 0 Å². The molecule has 0 aliphatic carbocycles. The summed E-state index contributed by atoms with van der Waals surface area (Å²) >= 11 is 2.01. The van der Waals surface area contributed by atoms with Crippen LogP contribution >= 0.6 is 22.6 Å². The van der Waals surface area contributed by atoms with Crippen molar-refractivity contribution in [1.82, 2.24) is 9.97 Å². The number of benzene rings is 1. The van der Waals surface area contributed by atoms with Crippen LogP contribution in [-0.4, -0.2) is 9.97 Å². The number of aromatic nitrogens is 2. The molecular weight excluding hydrogens is 336 g/mol. The second-order valence-corrected chi connectivity index (χ2v) is 4.19. The van der Waals surface area contributed by atoms with Gasteiger partial charge >= 0.3 is 0 Å². The van der Waals surface area contributed by atoms with Crippen molar-refractivity contribution >= 4 is 22.6 Å². The zero-order chi connectivity index (χ0) is 12.3. The first-order valence-corrected chi connectivity index (χ1v) is 5.61. The van der Waals surface area contributed by atoms with Crippen molar-refractivity contribution in [2.75, 3.05) is 0 Å². The fraction of sp³-hybridized carbons (Fsp3) is 0. The van der Waals surface area contributed by atoms with Crippen molar-refractivity contribution < 1.29 is 9.13 Å². The first-order chi connectivity index (χ1) is 8.20. The number of halogens is 2. The lowest BCUT2D eigenvalue weighted by Crippen LogP contribution is -1.93. The van der Waals surface area contributed by atoms with E-state index in [4.69, 9.17) is 10.00 Å². The van der Waals surface area contributed by atoms with Gasteiger partial charge in [0.25, 0.3) is 0 Å². The Balaban J connectivity index is 2.29. The average Bonchev–Trinajstić information content (AvgIpc) is 2.32. The van der Waals surface area contributed by atoms with Crippen LogP contribution in [0.25, 0.3) is 0 Å². The molecule has 6 heteroatoms. The Hall–Kier alpha value is -1.75. The molecule has 0 radical (unpaired) electrons. The monoisotopic (exact) mass is 341 g/mol. The van der Waals surface area contributed by atoms with Gasteiger partial charge in [0.15, 0.2) is 0 Å². The molecule has 2 rings (SSSR count). The van der Waals surface area contributed by atoms with Gasteiger partial charge in [0, 0.05) is 12.3 Å². The van der Waals surface area contributed by atoms with Crippen molar-refractivity contribution in [1.29, 1.82) is 5.26 Å². The molecule has 0 aliphatic heterocycles. The summed E-state index contributed by atoms with van der Waals surface area (Å²) in [6.45, 7) is 0. The third-order valence-corrected chi connectivity index (χ3v) is 2.65. The quantitative estimate of drug-likeness (QED) is 0.789. The summed E-state index contributed by atoms with van der Waals surface area (Å²) in [5.41, 5.74) is -0.0188. The van der Waals surface area contributed by atoms with Gasteiger partial charge in [0.2, 0.25) is 5.88 Å². The minimum atomic E-state index is -0.617. The number of nitrogens with zero attached hydrogens (tertiary/aromatic N) is 3. The molecule has 0 amide bonds. The Bertz CT molecular complexity index is 598. The first kappa shape index (κ1) is 11.7. The Morgan fingerprint density at radius 1 is 1.41 bits per heavy atom. The highest BCUT2D eigenvalue weighted by Gasteiger charge is 2.07. The predicted octanol–water partition coefficient (Wildman–Crippen LogP) is 2.88. The SMILES string of the molecule is N#Cc1ccc(Oc2ncncc2I)cc1F. The van der Waals surface area contributed by atoms with Gasteiger partial charge in [0.1, 0.15) is 24.0 Å². The Morgan fingerprint density at radius 2 is 2.24 bits per heavy atom. The number of ether oxygens (including phenoxy) is 1. The molecule has 0 aliphatic rings. The van der Waals surface area contributed by atoms with Crippen LogP contribution in [0, 0.1) is 20.7 Å². The van der Waals surface area contributed by atoms with Crippen molar-refractivity contribution in [3.63, 3.8) is 0 Å². The van der Waals surface area contributed by atoms with E-state index < -0.39 is 5.82 Å². The summed E-state index contributed by atoms with van der Waals surface area (Å²) in [5, 5.41) is 8.59. The van der Waals surface area contributed by atoms with Crippen molar-refractivity contribution in [3.8, 4) is 17.7 Å². The van der Waals surface area contributed by atoms with E-state index in [-0.39, 0.29) is 11.3 Å². The van der Waals surface area contributed by atoms with Crippen LogP contribution in [0.5, 0.6) is 11.6 Å². The van der Waals surface area contributed by atoms with Crippen molar-refractivity contribution in [2.45, 2.75) is 0 Å². The fourth-order valence-corrected chi connectivity index (χ4v) is 1.55. The van der Waals surface area contributed by atoms with E-state index in [1.807, 2.05) is 22.6 Å². The highest BCUT2D eigenvalue weighted by atomic mass is 127. The molecule has 84 valence electrons. The molecule has 0 unspecified atom stereocenters. The lowest BCUT2D eigenvalue weighted by atomic mass is 10.2. The van der Waals surface area contributed by atoms with Gasteiger partial charge in [-0.15, -0.1) is 0 Å². The van der Waals surface area contributed by atoms with Crippen LogP contribution < -0.4 is 4.74 Å². The van der Waals surface area contributed by atoms with Crippen LogP contribution in [-0.2, 0) is 0 Å². The van der Waals surface area contributed by atoms with Gasteiger partial charge in [0.05, 0.1) is 9.13 Å². The average molecular weight is 341 g/mol. The van der Waals surface area contributed by atoms with E-state index >= 15 is 0 Å². The van der Waals surface area contributed by atoms with E-state index in [0.717, 1.165) is 9.64 Å².